The third-order valence-electron chi connectivity index (χ3n) is 4.86. The molecule has 29 heavy (non-hydrogen) atoms. The highest BCUT2D eigenvalue weighted by molar-refractivity contribution is 5.43. The van der Waals surface area contributed by atoms with Crippen molar-refractivity contribution in [2.75, 3.05) is 39.9 Å². The number of likely N-dealkylation sites (N-methyl/N-ethyl adjacent to an activating group) is 1. The molecule has 1 atom stereocenters. The average Bonchev–Trinajstić information content (AvgIpc) is 2.75. The van der Waals surface area contributed by atoms with Crippen LogP contribution in [0, 0.1) is 5.82 Å². The number of aliphatic hydroxyl groups is 1. The molecular formula is C23H33FN2O3. The molecule has 0 bridgehead atoms. The summed E-state index contributed by atoms with van der Waals surface area (Å²) < 4.78 is 24.2. The van der Waals surface area contributed by atoms with Gasteiger partial charge in [0.2, 0.25) is 0 Å². The second-order valence-corrected chi connectivity index (χ2v) is 6.99. The Hall–Kier alpha value is -2.15. The Labute approximate surface area is 173 Å². The molecule has 2 N–H and O–H groups in total. The lowest BCUT2D eigenvalue weighted by molar-refractivity contribution is 0.0705. The summed E-state index contributed by atoms with van der Waals surface area (Å²) in [6.07, 6.45) is 0.288. The van der Waals surface area contributed by atoms with Crippen LogP contribution in [-0.4, -0.2) is 56.0 Å². The fourth-order valence-electron chi connectivity index (χ4n) is 3.08. The van der Waals surface area contributed by atoms with E-state index in [0.29, 0.717) is 24.6 Å². The molecule has 0 aliphatic heterocycles. The van der Waals surface area contributed by atoms with Crippen molar-refractivity contribution in [3.05, 3.63) is 59.4 Å². The maximum Gasteiger partial charge on any atom is 0.161 e. The third kappa shape index (κ3) is 8.01. The van der Waals surface area contributed by atoms with Crippen molar-refractivity contribution in [3.8, 4) is 11.5 Å². The summed E-state index contributed by atoms with van der Waals surface area (Å²) in [5.41, 5.74) is 2.18. The van der Waals surface area contributed by atoms with Crippen LogP contribution >= 0.6 is 0 Å². The highest BCUT2D eigenvalue weighted by atomic mass is 19.1. The smallest absolute Gasteiger partial charge is 0.161 e. The van der Waals surface area contributed by atoms with E-state index in [0.717, 1.165) is 37.2 Å². The maximum absolute atomic E-state index is 12.9. The van der Waals surface area contributed by atoms with Gasteiger partial charge in [-0.3, -0.25) is 0 Å². The molecule has 0 aliphatic rings. The molecule has 0 unspecified atom stereocenters. The van der Waals surface area contributed by atoms with Gasteiger partial charge in [0.05, 0.1) is 7.11 Å². The molecule has 5 nitrogen and oxygen atoms in total. The van der Waals surface area contributed by atoms with Crippen molar-refractivity contribution in [2.45, 2.75) is 32.9 Å². The summed E-state index contributed by atoms with van der Waals surface area (Å²) in [5, 5.41) is 13.6. The van der Waals surface area contributed by atoms with Crippen LogP contribution in [0.15, 0.2) is 42.5 Å². The van der Waals surface area contributed by atoms with Crippen molar-refractivity contribution in [2.24, 2.45) is 0 Å². The van der Waals surface area contributed by atoms with Crippen LogP contribution in [0.5, 0.6) is 11.5 Å². The Morgan fingerprint density at radius 2 is 1.72 bits per heavy atom. The van der Waals surface area contributed by atoms with Crippen molar-refractivity contribution in [1.82, 2.24) is 10.2 Å². The largest absolute Gasteiger partial charge is 0.493 e. The van der Waals surface area contributed by atoms with Gasteiger partial charge in [-0.05, 0) is 61.4 Å². The molecule has 0 spiro atoms. The van der Waals surface area contributed by atoms with Gasteiger partial charge in [0.1, 0.15) is 18.5 Å². The number of methoxy groups -OCH3 is 1. The van der Waals surface area contributed by atoms with Gasteiger partial charge in [0.25, 0.3) is 0 Å². The summed E-state index contributed by atoms with van der Waals surface area (Å²) >= 11 is 0. The Morgan fingerprint density at radius 3 is 2.38 bits per heavy atom. The number of nitrogens with zero attached hydrogens (tertiary/aromatic N) is 1. The molecular weight excluding hydrogens is 371 g/mol. The van der Waals surface area contributed by atoms with Gasteiger partial charge in [-0.25, -0.2) is 4.39 Å². The fraction of sp³-hybridized carbons (Fsp3) is 0.478. The van der Waals surface area contributed by atoms with Gasteiger partial charge < -0.3 is 24.8 Å². The van der Waals surface area contributed by atoms with E-state index in [2.05, 4.69) is 24.1 Å². The number of aliphatic hydroxyl groups excluding tert-OH is 1. The standard InChI is InChI=1S/C23H33FN2O3/c1-4-26(5-2)16-21(27)17-29-22-11-8-19(14-23(22)28-3)15-25-13-12-18-6-9-20(24)10-7-18/h6-11,14,21,25,27H,4-5,12-13,15-17H2,1-3H3/t21-/m1/s1. The average molecular weight is 405 g/mol. The second kappa shape index (κ2) is 12.4. The number of rotatable bonds is 13. The van der Waals surface area contributed by atoms with Crippen LogP contribution in [0.1, 0.15) is 25.0 Å². The molecule has 0 fully saturated rings. The molecule has 0 saturated carbocycles. The summed E-state index contributed by atoms with van der Waals surface area (Å²) in [5.74, 6) is 1.07. The lowest BCUT2D eigenvalue weighted by atomic mass is 10.1. The molecule has 2 aromatic carbocycles. The first kappa shape index (κ1) is 23.1. The highest BCUT2D eigenvalue weighted by Gasteiger charge is 2.12. The summed E-state index contributed by atoms with van der Waals surface area (Å²) in [7, 11) is 1.61. The van der Waals surface area contributed by atoms with E-state index in [9.17, 15) is 9.50 Å². The van der Waals surface area contributed by atoms with Crippen LogP contribution in [0.25, 0.3) is 0 Å². The van der Waals surface area contributed by atoms with E-state index in [-0.39, 0.29) is 12.4 Å². The van der Waals surface area contributed by atoms with Gasteiger partial charge in [0.15, 0.2) is 11.5 Å². The first-order valence-electron chi connectivity index (χ1n) is 10.2. The van der Waals surface area contributed by atoms with E-state index in [1.807, 2.05) is 18.2 Å². The van der Waals surface area contributed by atoms with E-state index in [1.54, 1.807) is 19.2 Å². The predicted molar refractivity (Wildman–Crippen MR) is 114 cm³/mol. The van der Waals surface area contributed by atoms with E-state index in [4.69, 9.17) is 9.47 Å². The van der Waals surface area contributed by atoms with Gasteiger partial charge in [-0.2, -0.15) is 0 Å². The Bertz CT molecular complexity index is 721. The van der Waals surface area contributed by atoms with Crippen LogP contribution < -0.4 is 14.8 Å². The molecule has 0 amide bonds. The molecule has 0 aromatic heterocycles. The van der Waals surface area contributed by atoms with Gasteiger partial charge >= 0.3 is 0 Å². The predicted octanol–water partition coefficient (Wildman–Crippen LogP) is 3.25. The van der Waals surface area contributed by atoms with Crippen LogP contribution in [0.2, 0.25) is 0 Å². The molecule has 160 valence electrons. The zero-order chi connectivity index (χ0) is 21.1. The quantitative estimate of drug-likeness (QED) is 0.502. The van der Waals surface area contributed by atoms with Gasteiger partial charge in [-0.1, -0.05) is 32.0 Å². The fourth-order valence-corrected chi connectivity index (χ4v) is 3.08. The summed E-state index contributed by atoms with van der Waals surface area (Å²) in [4.78, 5) is 2.16. The van der Waals surface area contributed by atoms with Gasteiger partial charge in [0, 0.05) is 13.1 Å². The van der Waals surface area contributed by atoms with Crippen molar-refractivity contribution in [3.63, 3.8) is 0 Å². The van der Waals surface area contributed by atoms with Crippen molar-refractivity contribution >= 4 is 0 Å². The number of hydrogen-bond donors (Lipinski definition) is 2. The molecule has 0 heterocycles. The Morgan fingerprint density at radius 1 is 1.03 bits per heavy atom. The minimum Gasteiger partial charge on any atom is -0.493 e. The van der Waals surface area contributed by atoms with Crippen LogP contribution in [-0.2, 0) is 13.0 Å². The third-order valence-corrected chi connectivity index (χ3v) is 4.86. The molecule has 0 saturated heterocycles. The minimum atomic E-state index is -0.549. The monoisotopic (exact) mass is 404 g/mol. The van der Waals surface area contributed by atoms with E-state index >= 15 is 0 Å². The van der Waals surface area contributed by atoms with E-state index in [1.165, 1.54) is 12.1 Å². The zero-order valence-corrected chi connectivity index (χ0v) is 17.7. The van der Waals surface area contributed by atoms with Gasteiger partial charge in [-0.15, -0.1) is 0 Å². The minimum absolute atomic E-state index is 0.211. The summed E-state index contributed by atoms with van der Waals surface area (Å²) in [6.45, 7) is 8.26. The number of ether oxygens (including phenoxy) is 2. The topological polar surface area (TPSA) is 54.0 Å². The lowest BCUT2D eigenvalue weighted by Crippen LogP contribution is -2.35. The number of halogens is 1. The van der Waals surface area contributed by atoms with Crippen molar-refractivity contribution in [1.29, 1.82) is 0 Å². The van der Waals surface area contributed by atoms with Crippen molar-refractivity contribution < 1.29 is 19.0 Å². The second-order valence-electron chi connectivity index (χ2n) is 6.99. The normalized spacial score (nSPS) is 12.2. The molecule has 2 aromatic rings. The molecule has 2 rings (SSSR count). The summed E-state index contributed by atoms with van der Waals surface area (Å²) in [6, 6.07) is 12.4. The first-order chi connectivity index (χ1) is 14.0. The molecule has 0 radical (unpaired) electrons. The number of hydrogen-bond acceptors (Lipinski definition) is 5. The lowest BCUT2D eigenvalue weighted by Gasteiger charge is -2.22. The number of nitrogens with one attached hydrogen (secondary N) is 1. The molecule has 6 heteroatoms. The first-order valence-corrected chi connectivity index (χ1v) is 10.2. The van der Waals surface area contributed by atoms with E-state index < -0.39 is 6.10 Å². The highest BCUT2D eigenvalue weighted by Crippen LogP contribution is 2.28. The SMILES string of the molecule is CCN(CC)C[C@@H](O)COc1ccc(CNCCc2ccc(F)cc2)cc1OC. The molecule has 0 aliphatic carbocycles. The maximum atomic E-state index is 12.9. The zero-order valence-electron chi connectivity index (χ0n) is 17.7. The van der Waals surface area contributed by atoms with Crippen LogP contribution in [0.4, 0.5) is 4.39 Å². The Kier molecular flexibility index (Phi) is 9.91. The van der Waals surface area contributed by atoms with Crippen LogP contribution in [0.3, 0.4) is 0 Å². The Balaban J connectivity index is 1.80. The number of benzene rings is 2.